The van der Waals surface area contributed by atoms with E-state index in [1.807, 2.05) is 0 Å². The number of hydrogen-bond acceptors (Lipinski definition) is 0. The molecule has 0 unspecified atom stereocenters. The number of rotatable bonds is 2. The maximum atomic E-state index is 5.68. The first-order valence-electron chi connectivity index (χ1n) is 6.22. The van der Waals surface area contributed by atoms with Gasteiger partial charge in [-0.2, -0.15) is 0 Å². The standard InChI is InChI=1S/C17H11Br2I/c1-2-7-17(10-20)15-8-11(18)3-5-13(15)14-6-4-12(19)9-16(14)17/h1,3-6,8-9H,7,10H2. The van der Waals surface area contributed by atoms with Gasteiger partial charge in [-0.3, -0.25) is 0 Å². The average molecular weight is 502 g/mol. The molecule has 0 radical (unpaired) electrons. The van der Waals surface area contributed by atoms with Gasteiger partial charge in [-0.05, 0) is 46.5 Å². The van der Waals surface area contributed by atoms with Crippen molar-refractivity contribution in [3.63, 3.8) is 0 Å². The van der Waals surface area contributed by atoms with Gasteiger partial charge in [0.15, 0.2) is 0 Å². The molecule has 20 heavy (non-hydrogen) atoms. The monoisotopic (exact) mass is 500 g/mol. The molecule has 0 atom stereocenters. The minimum absolute atomic E-state index is 0.0759. The summed E-state index contributed by atoms with van der Waals surface area (Å²) < 4.78 is 3.19. The second-order valence-electron chi connectivity index (χ2n) is 4.98. The van der Waals surface area contributed by atoms with Gasteiger partial charge in [0.1, 0.15) is 0 Å². The number of terminal acetylenes is 1. The van der Waals surface area contributed by atoms with Crippen LogP contribution >= 0.6 is 54.5 Å². The molecule has 0 aromatic heterocycles. The van der Waals surface area contributed by atoms with Crippen molar-refractivity contribution in [2.24, 2.45) is 0 Å². The van der Waals surface area contributed by atoms with Gasteiger partial charge in [0.25, 0.3) is 0 Å². The summed E-state index contributed by atoms with van der Waals surface area (Å²) in [6, 6.07) is 13.0. The molecular formula is C17H11Br2I. The van der Waals surface area contributed by atoms with E-state index in [-0.39, 0.29) is 5.41 Å². The molecule has 2 aromatic rings. The molecule has 0 saturated heterocycles. The molecule has 0 amide bonds. The van der Waals surface area contributed by atoms with Gasteiger partial charge in [-0.1, -0.05) is 66.6 Å². The Morgan fingerprint density at radius 1 is 1.00 bits per heavy atom. The maximum Gasteiger partial charge on any atom is 0.0414 e. The van der Waals surface area contributed by atoms with Gasteiger partial charge in [0.2, 0.25) is 0 Å². The zero-order valence-corrected chi connectivity index (χ0v) is 15.9. The van der Waals surface area contributed by atoms with E-state index in [0.717, 1.165) is 19.8 Å². The molecule has 3 rings (SSSR count). The quantitative estimate of drug-likeness (QED) is 0.271. The van der Waals surface area contributed by atoms with E-state index in [0.29, 0.717) is 0 Å². The van der Waals surface area contributed by atoms with Crippen LogP contribution in [0.1, 0.15) is 17.5 Å². The number of hydrogen-bond donors (Lipinski definition) is 0. The van der Waals surface area contributed by atoms with Gasteiger partial charge in [0, 0.05) is 25.2 Å². The van der Waals surface area contributed by atoms with Crippen molar-refractivity contribution < 1.29 is 0 Å². The number of fused-ring (bicyclic) bond motifs is 3. The molecule has 0 heterocycles. The fourth-order valence-electron chi connectivity index (χ4n) is 3.00. The van der Waals surface area contributed by atoms with Gasteiger partial charge in [0.05, 0.1) is 0 Å². The third kappa shape index (κ3) is 2.08. The van der Waals surface area contributed by atoms with Crippen LogP contribution in [0, 0.1) is 12.3 Å². The molecule has 2 aromatic carbocycles. The summed E-state index contributed by atoms with van der Waals surface area (Å²) in [6.07, 6.45) is 6.41. The smallest absolute Gasteiger partial charge is 0.0414 e. The van der Waals surface area contributed by atoms with E-state index in [4.69, 9.17) is 6.42 Å². The number of halogens is 3. The van der Waals surface area contributed by atoms with E-state index in [2.05, 4.69) is 96.8 Å². The second kappa shape index (κ2) is 5.47. The lowest BCUT2D eigenvalue weighted by molar-refractivity contribution is 0.628. The highest BCUT2D eigenvalue weighted by Gasteiger charge is 2.42. The first kappa shape index (κ1) is 14.6. The summed E-state index contributed by atoms with van der Waals surface area (Å²) in [5.74, 6) is 2.89. The maximum absolute atomic E-state index is 5.68. The molecule has 1 aliphatic rings. The predicted molar refractivity (Wildman–Crippen MR) is 100 cm³/mol. The van der Waals surface area contributed by atoms with Gasteiger partial charge in [-0.15, -0.1) is 12.3 Å². The Morgan fingerprint density at radius 3 is 1.90 bits per heavy atom. The van der Waals surface area contributed by atoms with E-state index in [1.165, 1.54) is 22.3 Å². The van der Waals surface area contributed by atoms with Crippen LogP contribution < -0.4 is 0 Å². The van der Waals surface area contributed by atoms with Crippen LogP contribution in [0.3, 0.4) is 0 Å². The highest BCUT2D eigenvalue weighted by Crippen LogP contribution is 2.52. The Labute approximate surface area is 149 Å². The average Bonchev–Trinajstić information content (AvgIpc) is 2.69. The third-order valence-electron chi connectivity index (χ3n) is 3.92. The van der Waals surface area contributed by atoms with Crippen LogP contribution in [0.25, 0.3) is 11.1 Å². The fraction of sp³-hybridized carbons (Fsp3) is 0.176. The van der Waals surface area contributed by atoms with Crippen molar-refractivity contribution in [1.29, 1.82) is 0 Å². The first-order valence-corrected chi connectivity index (χ1v) is 9.33. The second-order valence-corrected chi connectivity index (χ2v) is 7.57. The largest absolute Gasteiger partial charge is 0.120 e. The molecule has 0 N–H and O–H groups in total. The van der Waals surface area contributed by atoms with Gasteiger partial charge >= 0.3 is 0 Å². The van der Waals surface area contributed by atoms with Crippen molar-refractivity contribution in [1.82, 2.24) is 0 Å². The van der Waals surface area contributed by atoms with E-state index >= 15 is 0 Å². The van der Waals surface area contributed by atoms with Crippen molar-refractivity contribution in [2.75, 3.05) is 4.43 Å². The number of alkyl halides is 1. The molecule has 0 bridgehead atoms. The van der Waals surface area contributed by atoms with Crippen LogP contribution in [0.4, 0.5) is 0 Å². The summed E-state index contributed by atoms with van der Waals surface area (Å²) in [7, 11) is 0. The van der Waals surface area contributed by atoms with Crippen LogP contribution in [-0.4, -0.2) is 4.43 Å². The molecule has 0 nitrogen and oxygen atoms in total. The molecular weight excluding hydrogens is 491 g/mol. The van der Waals surface area contributed by atoms with Crippen LogP contribution in [-0.2, 0) is 5.41 Å². The fourth-order valence-corrected chi connectivity index (χ4v) is 4.81. The van der Waals surface area contributed by atoms with Crippen molar-refractivity contribution >= 4 is 54.5 Å². The van der Waals surface area contributed by atoms with E-state index in [9.17, 15) is 0 Å². The Morgan fingerprint density at radius 2 is 1.50 bits per heavy atom. The molecule has 100 valence electrons. The highest BCUT2D eigenvalue weighted by molar-refractivity contribution is 14.1. The first-order chi connectivity index (χ1) is 9.62. The Balaban J connectivity index is 2.38. The van der Waals surface area contributed by atoms with E-state index < -0.39 is 0 Å². The molecule has 0 aliphatic heterocycles. The number of benzene rings is 2. The minimum atomic E-state index is -0.0759. The Kier molecular flexibility index (Phi) is 4.00. The van der Waals surface area contributed by atoms with Crippen LogP contribution in [0.15, 0.2) is 45.3 Å². The van der Waals surface area contributed by atoms with Gasteiger partial charge in [-0.25, -0.2) is 0 Å². The lowest BCUT2D eigenvalue weighted by Gasteiger charge is -2.28. The molecule has 0 spiro atoms. The van der Waals surface area contributed by atoms with Crippen LogP contribution in [0.2, 0.25) is 0 Å². The lowest BCUT2D eigenvalue weighted by Crippen LogP contribution is -2.26. The SMILES string of the molecule is C#CCC1(CI)c2cc(Br)ccc2-c2ccc(Br)cc21. The van der Waals surface area contributed by atoms with Crippen molar-refractivity contribution in [3.05, 3.63) is 56.5 Å². The molecule has 1 aliphatic carbocycles. The summed E-state index contributed by atoms with van der Waals surface area (Å²) >= 11 is 9.64. The van der Waals surface area contributed by atoms with Crippen LogP contribution in [0.5, 0.6) is 0 Å². The molecule has 0 saturated carbocycles. The minimum Gasteiger partial charge on any atom is -0.120 e. The lowest BCUT2D eigenvalue weighted by atomic mass is 9.77. The summed E-state index contributed by atoms with van der Waals surface area (Å²) in [4.78, 5) is 0. The molecule has 3 heteroatoms. The highest BCUT2D eigenvalue weighted by atomic mass is 127. The Hall–Kier alpha value is -0.310. The van der Waals surface area contributed by atoms with Crippen molar-refractivity contribution in [3.8, 4) is 23.5 Å². The zero-order chi connectivity index (χ0) is 14.3. The normalized spacial score (nSPS) is 14.5. The van der Waals surface area contributed by atoms with Gasteiger partial charge < -0.3 is 0 Å². The summed E-state index contributed by atoms with van der Waals surface area (Å²) in [5.41, 5.74) is 5.22. The summed E-state index contributed by atoms with van der Waals surface area (Å²) in [5, 5.41) is 0. The zero-order valence-electron chi connectivity index (χ0n) is 10.6. The third-order valence-corrected chi connectivity index (χ3v) is 6.21. The summed E-state index contributed by atoms with van der Waals surface area (Å²) in [6.45, 7) is 0. The predicted octanol–water partition coefficient (Wildman–Crippen LogP) is 5.94. The topological polar surface area (TPSA) is 0 Å². The van der Waals surface area contributed by atoms with Crippen molar-refractivity contribution in [2.45, 2.75) is 11.8 Å². The van der Waals surface area contributed by atoms with E-state index in [1.54, 1.807) is 0 Å². The Bertz CT molecular complexity index is 677. The molecule has 0 fully saturated rings.